The molecule has 0 saturated carbocycles. The Bertz CT molecular complexity index is 292. The molecule has 0 aliphatic carbocycles. The van der Waals surface area contributed by atoms with Crippen molar-refractivity contribution < 1.29 is 0 Å². The molecule has 0 bridgehead atoms. The van der Waals surface area contributed by atoms with E-state index in [1.165, 1.54) is 5.19 Å². The van der Waals surface area contributed by atoms with Gasteiger partial charge in [0.05, 0.1) is 8.80 Å². The van der Waals surface area contributed by atoms with Crippen LogP contribution in [0.2, 0.25) is 18.1 Å². The minimum atomic E-state index is -0.790. The third-order valence-corrected chi connectivity index (χ3v) is 4.24. The van der Waals surface area contributed by atoms with Gasteiger partial charge < -0.3 is 0 Å². The third kappa shape index (κ3) is 1.79. The number of benzene rings is 1. The van der Waals surface area contributed by atoms with E-state index in [1.807, 2.05) is 18.2 Å². The van der Waals surface area contributed by atoms with E-state index in [1.54, 1.807) is 0 Å². The fourth-order valence-corrected chi connectivity index (χ4v) is 3.20. The van der Waals surface area contributed by atoms with Crippen LogP contribution in [0.4, 0.5) is 0 Å². The maximum atomic E-state index is 6.17. The van der Waals surface area contributed by atoms with Crippen molar-refractivity contribution in [3.05, 3.63) is 35.4 Å². The quantitative estimate of drug-likeness (QED) is 0.639. The van der Waals surface area contributed by atoms with E-state index < -0.39 is 8.80 Å². The lowest BCUT2D eigenvalue weighted by atomic mass is 10.2. The van der Waals surface area contributed by atoms with Crippen LogP contribution in [0.5, 0.6) is 0 Å². The lowest BCUT2D eigenvalue weighted by Gasteiger charge is -2.08. The van der Waals surface area contributed by atoms with Crippen molar-refractivity contribution >= 4 is 31.7 Å². The average Bonchev–Trinajstić information content (AvgIpc) is 2.04. The van der Waals surface area contributed by atoms with Crippen LogP contribution < -0.4 is 5.19 Å². The molecule has 0 atom stereocenters. The van der Waals surface area contributed by atoms with Gasteiger partial charge in [-0.2, -0.15) is 0 Å². The van der Waals surface area contributed by atoms with Crippen molar-refractivity contribution in [2.75, 3.05) is 0 Å². The highest BCUT2D eigenvalue weighted by Crippen LogP contribution is 2.14. The van der Waals surface area contributed by atoms with E-state index in [0.29, 0.717) is 0 Å². The van der Waals surface area contributed by atoms with Gasteiger partial charge in [-0.25, -0.2) is 0 Å². The Morgan fingerprint density at radius 2 is 2.08 bits per heavy atom. The Balaban J connectivity index is 3.22. The molecule has 0 N–H and O–H groups in total. The van der Waals surface area contributed by atoms with Gasteiger partial charge in [-0.05, 0) is 10.8 Å². The topological polar surface area (TPSA) is 0 Å². The van der Waals surface area contributed by atoms with Gasteiger partial charge in [0.15, 0.2) is 0 Å². The van der Waals surface area contributed by atoms with Crippen molar-refractivity contribution in [1.29, 1.82) is 0 Å². The normalized spacial score (nSPS) is 10.3. The number of rotatable bonds is 2. The summed E-state index contributed by atoms with van der Waals surface area (Å²) in [5.74, 6) is 0. The van der Waals surface area contributed by atoms with Gasteiger partial charge in [0, 0.05) is 5.02 Å². The molecule has 0 radical (unpaired) electrons. The summed E-state index contributed by atoms with van der Waals surface area (Å²) in [6, 6.07) is 6.16. The first-order valence-corrected chi connectivity index (χ1v) is 7.34. The van der Waals surface area contributed by atoms with Gasteiger partial charge >= 0.3 is 0 Å². The van der Waals surface area contributed by atoms with Crippen LogP contribution in [0.25, 0.3) is 6.08 Å². The minimum absolute atomic E-state index is 0.790. The molecule has 0 nitrogen and oxygen atoms in total. The van der Waals surface area contributed by atoms with E-state index in [9.17, 15) is 0 Å². The zero-order valence-electron chi connectivity index (χ0n) is 7.47. The van der Waals surface area contributed by atoms with Crippen LogP contribution in [0.1, 0.15) is 5.56 Å². The highest BCUT2D eigenvalue weighted by Gasteiger charge is 2.07. The van der Waals surface area contributed by atoms with Crippen LogP contribution in [0.15, 0.2) is 24.8 Å². The Morgan fingerprint density at radius 3 is 2.58 bits per heavy atom. The highest BCUT2D eigenvalue weighted by atomic mass is 35.5. The molecule has 2 heteroatoms. The van der Waals surface area contributed by atoms with Crippen LogP contribution in [-0.2, 0) is 0 Å². The number of halogens is 1. The maximum Gasteiger partial charge on any atom is 0.0667 e. The SMILES string of the molecule is C=Cc1cccc([SiH](C)C)c1Cl. The molecular formula is C10H13ClSi. The van der Waals surface area contributed by atoms with Gasteiger partial charge in [0.2, 0.25) is 0 Å². The monoisotopic (exact) mass is 196 g/mol. The van der Waals surface area contributed by atoms with Gasteiger partial charge in [0.25, 0.3) is 0 Å². The average molecular weight is 197 g/mol. The van der Waals surface area contributed by atoms with Gasteiger partial charge in [-0.1, -0.05) is 55.5 Å². The fourth-order valence-electron chi connectivity index (χ4n) is 1.17. The molecule has 1 aromatic rings. The predicted octanol–water partition coefficient (Wildman–Crippen LogP) is 2.68. The molecule has 1 aromatic carbocycles. The van der Waals surface area contributed by atoms with Gasteiger partial charge in [-0.15, -0.1) is 0 Å². The number of hydrogen-bond donors (Lipinski definition) is 0. The molecule has 0 fully saturated rings. The van der Waals surface area contributed by atoms with Gasteiger partial charge in [0.1, 0.15) is 0 Å². The summed E-state index contributed by atoms with van der Waals surface area (Å²) in [7, 11) is -0.790. The summed E-state index contributed by atoms with van der Waals surface area (Å²) in [6.45, 7) is 8.27. The minimum Gasteiger partial charge on any atom is -0.0984 e. The van der Waals surface area contributed by atoms with E-state index in [4.69, 9.17) is 11.6 Å². The van der Waals surface area contributed by atoms with Crippen LogP contribution in [-0.4, -0.2) is 8.80 Å². The molecule has 0 heterocycles. The molecule has 0 aliphatic rings. The lowest BCUT2D eigenvalue weighted by molar-refractivity contribution is 1.69. The molecule has 0 unspecified atom stereocenters. The number of hydrogen-bond acceptors (Lipinski definition) is 0. The maximum absolute atomic E-state index is 6.17. The third-order valence-electron chi connectivity index (χ3n) is 1.90. The second-order valence-electron chi connectivity index (χ2n) is 3.11. The zero-order chi connectivity index (χ0) is 9.14. The van der Waals surface area contributed by atoms with Crippen molar-refractivity contribution in [3.63, 3.8) is 0 Å². The Kier molecular flexibility index (Phi) is 3.12. The molecule has 64 valence electrons. The molecule has 0 aliphatic heterocycles. The standard InChI is InChI=1S/C10H13ClSi/c1-4-8-6-5-7-9(10(8)11)12(2)3/h4-7,12H,1H2,2-3H3. The van der Waals surface area contributed by atoms with Crippen LogP contribution in [0.3, 0.4) is 0 Å². The summed E-state index contributed by atoms with van der Waals surface area (Å²) in [5, 5.41) is 2.23. The molecule has 0 spiro atoms. The Labute approximate surface area is 80.5 Å². The van der Waals surface area contributed by atoms with E-state index in [-0.39, 0.29) is 0 Å². The van der Waals surface area contributed by atoms with Crippen molar-refractivity contribution in [1.82, 2.24) is 0 Å². The van der Waals surface area contributed by atoms with E-state index in [2.05, 4.69) is 25.7 Å². The van der Waals surface area contributed by atoms with Crippen LogP contribution in [0, 0.1) is 0 Å². The molecule has 0 aromatic heterocycles. The van der Waals surface area contributed by atoms with Crippen LogP contribution >= 0.6 is 11.6 Å². The first-order chi connectivity index (χ1) is 5.66. The Morgan fingerprint density at radius 1 is 1.42 bits per heavy atom. The van der Waals surface area contributed by atoms with E-state index >= 15 is 0 Å². The second-order valence-corrected chi connectivity index (χ2v) is 6.42. The summed E-state index contributed by atoms with van der Waals surface area (Å²) < 4.78 is 0. The van der Waals surface area contributed by atoms with Crippen molar-refractivity contribution in [2.45, 2.75) is 13.1 Å². The predicted molar refractivity (Wildman–Crippen MR) is 60.1 cm³/mol. The summed E-state index contributed by atoms with van der Waals surface area (Å²) in [5.41, 5.74) is 1.05. The molecular weight excluding hydrogens is 184 g/mol. The highest BCUT2D eigenvalue weighted by molar-refractivity contribution is 6.73. The summed E-state index contributed by atoms with van der Waals surface area (Å²) in [4.78, 5) is 0. The first kappa shape index (κ1) is 9.55. The smallest absolute Gasteiger partial charge is 0.0667 e. The van der Waals surface area contributed by atoms with Crippen molar-refractivity contribution in [2.24, 2.45) is 0 Å². The molecule has 0 amide bonds. The lowest BCUT2D eigenvalue weighted by Crippen LogP contribution is -2.23. The Hall–Kier alpha value is -0.533. The zero-order valence-corrected chi connectivity index (χ0v) is 9.38. The second kappa shape index (κ2) is 3.92. The van der Waals surface area contributed by atoms with E-state index in [0.717, 1.165) is 10.6 Å². The largest absolute Gasteiger partial charge is 0.0984 e. The molecule has 0 saturated heterocycles. The first-order valence-electron chi connectivity index (χ1n) is 4.07. The molecule has 12 heavy (non-hydrogen) atoms. The summed E-state index contributed by atoms with van der Waals surface area (Å²) >= 11 is 6.17. The fraction of sp³-hybridized carbons (Fsp3) is 0.200. The molecule has 1 rings (SSSR count). The van der Waals surface area contributed by atoms with Gasteiger partial charge in [-0.3, -0.25) is 0 Å². The van der Waals surface area contributed by atoms with Crippen molar-refractivity contribution in [3.8, 4) is 0 Å². The summed E-state index contributed by atoms with van der Waals surface area (Å²) in [6.07, 6.45) is 1.81.